The monoisotopic (exact) mass is 494 g/mol. The van der Waals surface area contributed by atoms with Crippen LogP contribution in [0.25, 0.3) is 4.96 Å². The summed E-state index contributed by atoms with van der Waals surface area (Å²) in [6, 6.07) is 13.3. The second-order valence-electron chi connectivity index (χ2n) is 8.21. The Hall–Kier alpha value is -3.92. The van der Waals surface area contributed by atoms with E-state index in [2.05, 4.69) is 29.2 Å². The van der Waals surface area contributed by atoms with Crippen LogP contribution in [0.2, 0.25) is 0 Å². The molecule has 182 valence electrons. The largest absolute Gasteiger partial charge is 0.493 e. The van der Waals surface area contributed by atoms with Crippen molar-refractivity contribution in [1.29, 1.82) is 0 Å². The predicted molar refractivity (Wildman–Crippen MR) is 134 cm³/mol. The molecule has 0 unspecified atom stereocenters. The van der Waals surface area contributed by atoms with Gasteiger partial charge in [-0.1, -0.05) is 25.2 Å². The molecule has 0 aliphatic rings. The average molecular weight is 495 g/mol. The summed E-state index contributed by atoms with van der Waals surface area (Å²) in [7, 11) is 3.06. The Morgan fingerprint density at radius 2 is 1.80 bits per heavy atom. The van der Waals surface area contributed by atoms with Crippen LogP contribution in [0.1, 0.15) is 34.9 Å². The molecular weight excluding hydrogens is 468 g/mol. The van der Waals surface area contributed by atoms with Crippen LogP contribution in [0.15, 0.2) is 53.3 Å². The summed E-state index contributed by atoms with van der Waals surface area (Å²) in [5.74, 6) is 1.78. The van der Waals surface area contributed by atoms with E-state index in [4.69, 9.17) is 14.2 Å². The third-order valence-electron chi connectivity index (χ3n) is 5.07. The molecule has 0 fully saturated rings. The number of rotatable bonds is 9. The number of aromatic nitrogens is 3. The molecule has 35 heavy (non-hydrogen) atoms. The molecular formula is C25H26N4O5S. The van der Waals surface area contributed by atoms with Crippen molar-refractivity contribution in [1.82, 2.24) is 14.6 Å². The Bertz CT molecular complexity index is 1400. The number of carbonyl (C=O) groups excluding carboxylic acids is 1. The maximum Gasteiger partial charge on any atom is 0.275 e. The molecule has 0 aliphatic carbocycles. The van der Waals surface area contributed by atoms with Gasteiger partial charge in [0.05, 0.1) is 19.9 Å². The number of fused-ring (bicyclic) bond motifs is 1. The number of hydrogen-bond donors (Lipinski definition) is 1. The molecule has 9 nitrogen and oxygen atoms in total. The lowest BCUT2D eigenvalue weighted by Gasteiger charge is -2.11. The number of benzene rings is 2. The fourth-order valence-corrected chi connectivity index (χ4v) is 4.50. The summed E-state index contributed by atoms with van der Waals surface area (Å²) in [4.78, 5) is 30.1. The Labute approximate surface area is 206 Å². The lowest BCUT2D eigenvalue weighted by molar-refractivity contribution is 0.102. The molecule has 0 radical (unpaired) electrons. The SMILES string of the molecule is COc1ccc(C(=O)Nc2ccc(OCc3cc(=O)n4nc(CC(C)C)sc4n3)cc2)cc1OC. The molecule has 0 saturated carbocycles. The van der Waals surface area contributed by atoms with Gasteiger partial charge in [-0.25, -0.2) is 4.98 Å². The molecule has 0 spiro atoms. The first-order valence-corrected chi connectivity index (χ1v) is 11.8. The summed E-state index contributed by atoms with van der Waals surface area (Å²) in [5, 5.41) is 8.08. The van der Waals surface area contributed by atoms with E-state index >= 15 is 0 Å². The lowest BCUT2D eigenvalue weighted by atomic mass is 10.1. The Kier molecular flexibility index (Phi) is 7.31. The standard InChI is InChI=1S/C25H26N4O5S/c1-15(2)11-22-28-29-23(30)13-18(27-25(29)35-22)14-34-19-8-6-17(7-9-19)26-24(31)16-5-10-20(32-3)21(12-16)33-4/h5-10,12-13,15H,11,14H2,1-4H3,(H,26,31). The van der Waals surface area contributed by atoms with Gasteiger partial charge in [0.25, 0.3) is 11.5 Å². The van der Waals surface area contributed by atoms with Crippen LogP contribution in [0, 0.1) is 5.92 Å². The van der Waals surface area contributed by atoms with E-state index in [-0.39, 0.29) is 18.1 Å². The smallest absolute Gasteiger partial charge is 0.275 e. The van der Waals surface area contributed by atoms with Gasteiger partial charge in [-0.05, 0) is 48.4 Å². The number of ether oxygens (including phenoxy) is 3. The van der Waals surface area contributed by atoms with Crippen LogP contribution in [0.3, 0.4) is 0 Å². The molecule has 0 aliphatic heterocycles. The fraction of sp³-hybridized carbons (Fsp3) is 0.280. The van der Waals surface area contributed by atoms with Crippen molar-refractivity contribution >= 4 is 27.9 Å². The van der Waals surface area contributed by atoms with Crippen molar-refractivity contribution in [3.05, 3.63) is 75.1 Å². The molecule has 2 heterocycles. The first kappa shape index (κ1) is 24.2. The van der Waals surface area contributed by atoms with Gasteiger partial charge in [-0.15, -0.1) is 0 Å². The molecule has 2 aromatic heterocycles. The second kappa shape index (κ2) is 10.6. The maximum absolute atomic E-state index is 12.6. The molecule has 0 atom stereocenters. The van der Waals surface area contributed by atoms with E-state index in [1.54, 1.807) is 42.5 Å². The molecule has 0 bridgehead atoms. The highest BCUT2D eigenvalue weighted by Crippen LogP contribution is 2.28. The quantitative estimate of drug-likeness (QED) is 0.372. The molecule has 0 saturated heterocycles. The van der Waals surface area contributed by atoms with Crippen LogP contribution in [-0.4, -0.2) is 34.7 Å². The van der Waals surface area contributed by atoms with E-state index < -0.39 is 0 Å². The number of carbonyl (C=O) groups is 1. The molecule has 4 rings (SSSR count). The maximum atomic E-state index is 12.6. The van der Waals surface area contributed by atoms with Gasteiger partial charge in [-0.3, -0.25) is 9.59 Å². The number of methoxy groups -OCH3 is 2. The summed E-state index contributed by atoms with van der Waals surface area (Å²) in [6.07, 6.45) is 0.800. The first-order chi connectivity index (χ1) is 16.9. The topological polar surface area (TPSA) is 104 Å². The van der Waals surface area contributed by atoms with E-state index in [1.165, 1.54) is 36.1 Å². The van der Waals surface area contributed by atoms with Crippen molar-refractivity contribution < 1.29 is 19.0 Å². The molecule has 2 aromatic carbocycles. The van der Waals surface area contributed by atoms with Crippen LogP contribution in [-0.2, 0) is 13.0 Å². The van der Waals surface area contributed by atoms with Gasteiger partial charge < -0.3 is 19.5 Å². The number of nitrogens with one attached hydrogen (secondary N) is 1. The zero-order chi connectivity index (χ0) is 24.9. The molecule has 4 aromatic rings. The Balaban J connectivity index is 1.39. The van der Waals surface area contributed by atoms with Crippen molar-refractivity contribution in [3.8, 4) is 17.2 Å². The normalized spacial score (nSPS) is 11.0. The van der Waals surface area contributed by atoms with Crippen molar-refractivity contribution in [3.63, 3.8) is 0 Å². The van der Waals surface area contributed by atoms with Crippen LogP contribution < -0.4 is 25.1 Å². The molecule has 1 N–H and O–H groups in total. The third-order valence-corrected chi connectivity index (χ3v) is 6.00. The van der Waals surface area contributed by atoms with Gasteiger partial charge in [0.2, 0.25) is 4.96 Å². The Morgan fingerprint density at radius 3 is 2.49 bits per heavy atom. The first-order valence-electron chi connectivity index (χ1n) is 11.0. The van der Waals surface area contributed by atoms with E-state index in [9.17, 15) is 9.59 Å². The minimum atomic E-state index is -0.279. The summed E-state index contributed by atoms with van der Waals surface area (Å²) in [6.45, 7) is 4.35. The highest BCUT2D eigenvalue weighted by Gasteiger charge is 2.12. The van der Waals surface area contributed by atoms with Crippen LogP contribution >= 0.6 is 11.3 Å². The van der Waals surface area contributed by atoms with Crippen LogP contribution in [0.4, 0.5) is 5.69 Å². The van der Waals surface area contributed by atoms with Crippen molar-refractivity contribution in [2.45, 2.75) is 26.9 Å². The average Bonchev–Trinajstić information content (AvgIpc) is 3.25. The minimum Gasteiger partial charge on any atom is -0.493 e. The molecule has 10 heteroatoms. The van der Waals surface area contributed by atoms with Gasteiger partial charge in [-0.2, -0.15) is 9.61 Å². The fourth-order valence-electron chi connectivity index (χ4n) is 3.37. The highest BCUT2D eigenvalue weighted by atomic mass is 32.1. The van der Waals surface area contributed by atoms with E-state index in [0.717, 1.165) is 11.4 Å². The minimum absolute atomic E-state index is 0.139. The lowest BCUT2D eigenvalue weighted by Crippen LogP contribution is -2.16. The Morgan fingerprint density at radius 1 is 1.06 bits per heavy atom. The second-order valence-corrected chi connectivity index (χ2v) is 9.25. The zero-order valence-electron chi connectivity index (χ0n) is 19.9. The summed E-state index contributed by atoms with van der Waals surface area (Å²) >= 11 is 1.42. The number of nitrogens with zero attached hydrogens (tertiary/aromatic N) is 3. The molecule has 1 amide bonds. The van der Waals surface area contributed by atoms with Gasteiger partial charge in [0, 0.05) is 23.7 Å². The van der Waals surface area contributed by atoms with Gasteiger partial charge in [0.1, 0.15) is 17.4 Å². The number of anilines is 1. The van der Waals surface area contributed by atoms with Crippen molar-refractivity contribution in [2.75, 3.05) is 19.5 Å². The third kappa shape index (κ3) is 5.78. The predicted octanol–water partition coefficient (Wildman–Crippen LogP) is 4.20. The van der Waals surface area contributed by atoms with Gasteiger partial charge in [0.15, 0.2) is 11.5 Å². The van der Waals surface area contributed by atoms with Crippen LogP contribution in [0.5, 0.6) is 17.2 Å². The summed E-state index contributed by atoms with van der Waals surface area (Å²) in [5.41, 5.74) is 1.35. The van der Waals surface area contributed by atoms with Gasteiger partial charge >= 0.3 is 0 Å². The van der Waals surface area contributed by atoms with Crippen molar-refractivity contribution in [2.24, 2.45) is 5.92 Å². The summed E-state index contributed by atoms with van der Waals surface area (Å²) < 4.78 is 17.6. The highest BCUT2D eigenvalue weighted by molar-refractivity contribution is 7.16. The number of amides is 1. The van der Waals surface area contributed by atoms with E-state index in [1.807, 2.05) is 0 Å². The van der Waals surface area contributed by atoms with E-state index in [0.29, 0.717) is 45.1 Å². The zero-order valence-corrected chi connectivity index (χ0v) is 20.7. The number of hydrogen-bond acceptors (Lipinski definition) is 8.